The minimum Gasteiger partial charge on any atom is -0.478 e. The second-order valence-corrected chi connectivity index (χ2v) is 5.27. The summed E-state index contributed by atoms with van der Waals surface area (Å²) in [7, 11) is 0. The van der Waals surface area contributed by atoms with E-state index in [0.29, 0.717) is 5.52 Å². The normalized spacial score (nSPS) is 18.0. The lowest BCUT2D eigenvalue weighted by atomic mass is 10.2. The summed E-state index contributed by atoms with van der Waals surface area (Å²) in [5.41, 5.74) is 1.40. The molecule has 21 heavy (non-hydrogen) atoms. The average Bonchev–Trinajstić information content (AvgIpc) is 2.92. The Hall–Kier alpha value is -1.99. The number of hydrogen-bond donors (Lipinski definition) is 1. The van der Waals surface area contributed by atoms with Crippen LogP contribution in [0.4, 0.5) is 0 Å². The first kappa shape index (κ1) is 14.0. The van der Waals surface area contributed by atoms with Crippen LogP contribution in [0, 0.1) is 0 Å². The molecular formula is C14H18N4O3. The first-order chi connectivity index (χ1) is 10.2. The van der Waals surface area contributed by atoms with E-state index in [2.05, 4.69) is 22.1 Å². The van der Waals surface area contributed by atoms with Crippen molar-refractivity contribution in [3.63, 3.8) is 0 Å². The smallest absolute Gasteiger partial charge is 0.338 e. The number of carbonyl (C=O) groups is 1. The van der Waals surface area contributed by atoms with Gasteiger partial charge in [-0.1, -0.05) is 11.3 Å². The summed E-state index contributed by atoms with van der Waals surface area (Å²) in [5, 5.41) is 17.4. The van der Waals surface area contributed by atoms with Gasteiger partial charge in [0.15, 0.2) is 0 Å². The van der Waals surface area contributed by atoms with Gasteiger partial charge in [-0.15, -0.1) is 5.10 Å². The highest BCUT2D eigenvalue weighted by Crippen LogP contribution is 2.20. The minimum absolute atomic E-state index is 0.122. The van der Waals surface area contributed by atoms with E-state index in [0.717, 1.165) is 38.4 Å². The van der Waals surface area contributed by atoms with E-state index in [-0.39, 0.29) is 11.6 Å². The van der Waals surface area contributed by atoms with Gasteiger partial charge >= 0.3 is 5.97 Å². The summed E-state index contributed by atoms with van der Waals surface area (Å²) in [4.78, 5) is 13.5. The van der Waals surface area contributed by atoms with Gasteiger partial charge in [0.25, 0.3) is 0 Å². The third-order valence-electron chi connectivity index (χ3n) is 3.78. The van der Waals surface area contributed by atoms with E-state index in [1.165, 1.54) is 0 Å². The molecule has 2 aromatic rings. The zero-order chi connectivity index (χ0) is 14.8. The summed E-state index contributed by atoms with van der Waals surface area (Å²) in [6.07, 6.45) is 0. The van der Waals surface area contributed by atoms with E-state index >= 15 is 0 Å². The summed E-state index contributed by atoms with van der Waals surface area (Å²) < 4.78 is 7.15. The van der Waals surface area contributed by atoms with Crippen molar-refractivity contribution >= 4 is 17.0 Å². The molecule has 1 aromatic heterocycles. The third-order valence-corrected chi connectivity index (χ3v) is 3.78. The first-order valence-electron chi connectivity index (χ1n) is 7.04. The summed E-state index contributed by atoms with van der Waals surface area (Å²) in [6, 6.07) is 5.26. The number of ether oxygens (including phenoxy) is 1. The van der Waals surface area contributed by atoms with Gasteiger partial charge < -0.3 is 9.84 Å². The number of hydrogen-bond acceptors (Lipinski definition) is 5. The van der Waals surface area contributed by atoms with Crippen LogP contribution in [0.25, 0.3) is 11.0 Å². The third kappa shape index (κ3) is 2.74. The maximum absolute atomic E-state index is 11.2. The Morgan fingerprint density at radius 3 is 2.90 bits per heavy atom. The molecule has 1 atom stereocenters. The quantitative estimate of drug-likeness (QED) is 0.905. The molecule has 0 bridgehead atoms. The van der Waals surface area contributed by atoms with Crippen molar-refractivity contribution in [1.29, 1.82) is 0 Å². The van der Waals surface area contributed by atoms with Crippen molar-refractivity contribution in [3.8, 4) is 0 Å². The molecule has 1 aromatic carbocycles. The number of aromatic nitrogens is 3. The van der Waals surface area contributed by atoms with Crippen molar-refractivity contribution in [2.45, 2.75) is 13.0 Å². The van der Waals surface area contributed by atoms with Gasteiger partial charge in [-0.25, -0.2) is 9.48 Å². The van der Waals surface area contributed by atoms with Crippen LogP contribution < -0.4 is 0 Å². The molecule has 7 heteroatoms. The number of nitrogens with zero attached hydrogens (tertiary/aromatic N) is 4. The molecule has 1 aliphatic heterocycles. The summed E-state index contributed by atoms with van der Waals surface area (Å²) >= 11 is 0. The Morgan fingerprint density at radius 1 is 1.43 bits per heavy atom. The second kappa shape index (κ2) is 5.79. The van der Waals surface area contributed by atoms with Crippen LogP contribution in [0.3, 0.4) is 0 Å². The van der Waals surface area contributed by atoms with E-state index in [4.69, 9.17) is 4.74 Å². The molecule has 0 spiro atoms. The van der Waals surface area contributed by atoms with E-state index in [1.54, 1.807) is 16.8 Å². The van der Waals surface area contributed by atoms with E-state index < -0.39 is 5.97 Å². The Kier molecular flexibility index (Phi) is 3.85. The Labute approximate surface area is 122 Å². The van der Waals surface area contributed by atoms with Crippen LogP contribution in [0.1, 0.15) is 23.3 Å². The van der Waals surface area contributed by atoms with Crippen molar-refractivity contribution in [3.05, 3.63) is 23.8 Å². The first-order valence-corrected chi connectivity index (χ1v) is 7.04. The average molecular weight is 290 g/mol. The zero-order valence-electron chi connectivity index (χ0n) is 11.9. The predicted molar refractivity (Wildman–Crippen MR) is 76.5 cm³/mol. The minimum atomic E-state index is -0.978. The van der Waals surface area contributed by atoms with Crippen molar-refractivity contribution in [2.24, 2.45) is 0 Å². The largest absolute Gasteiger partial charge is 0.478 e. The highest BCUT2D eigenvalue weighted by molar-refractivity contribution is 6.00. The topological polar surface area (TPSA) is 80.5 Å². The summed E-state index contributed by atoms with van der Waals surface area (Å²) in [5.74, 6) is -0.978. The number of fused-ring (bicyclic) bond motifs is 1. The molecule has 1 fully saturated rings. The molecule has 1 N–H and O–H groups in total. The van der Waals surface area contributed by atoms with Crippen molar-refractivity contribution < 1.29 is 14.6 Å². The molecule has 2 heterocycles. The van der Waals surface area contributed by atoms with Gasteiger partial charge in [0, 0.05) is 19.6 Å². The second-order valence-electron chi connectivity index (χ2n) is 5.27. The number of rotatable bonds is 4. The predicted octanol–water partition coefficient (Wildman–Crippen LogP) is 1.02. The number of carboxylic acid groups (broad SMARTS) is 1. The van der Waals surface area contributed by atoms with Crippen LogP contribution in [0.5, 0.6) is 0 Å². The molecule has 1 aliphatic rings. The Bertz CT molecular complexity index is 649. The molecule has 0 saturated carbocycles. The number of benzene rings is 1. The molecule has 1 unspecified atom stereocenters. The maximum Gasteiger partial charge on any atom is 0.338 e. The van der Waals surface area contributed by atoms with Crippen LogP contribution in [0.15, 0.2) is 18.2 Å². The van der Waals surface area contributed by atoms with Crippen molar-refractivity contribution in [1.82, 2.24) is 19.9 Å². The molecular weight excluding hydrogens is 272 g/mol. The monoisotopic (exact) mass is 290 g/mol. The number of aromatic carboxylic acids is 1. The van der Waals surface area contributed by atoms with Crippen LogP contribution in [-0.4, -0.2) is 63.8 Å². The van der Waals surface area contributed by atoms with Crippen LogP contribution in [0.2, 0.25) is 0 Å². The zero-order valence-corrected chi connectivity index (χ0v) is 11.9. The molecule has 0 radical (unpaired) electrons. The van der Waals surface area contributed by atoms with Gasteiger partial charge in [-0.3, -0.25) is 4.90 Å². The van der Waals surface area contributed by atoms with Gasteiger partial charge in [0.05, 0.1) is 30.3 Å². The van der Waals surface area contributed by atoms with Gasteiger partial charge in [0.1, 0.15) is 5.52 Å². The van der Waals surface area contributed by atoms with Gasteiger partial charge in [-0.2, -0.15) is 0 Å². The lowest BCUT2D eigenvalue weighted by molar-refractivity contribution is 0.0320. The molecule has 3 rings (SSSR count). The van der Waals surface area contributed by atoms with E-state index in [1.807, 2.05) is 6.07 Å². The number of morpholine rings is 1. The maximum atomic E-state index is 11.2. The molecule has 1 saturated heterocycles. The standard InChI is InChI=1S/C14H18N4O3/c1-10(9-17-5-7-21-8-6-17)18-12-4-2-3-11(14(19)20)13(12)15-16-18/h2-4,10H,5-9H2,1H3,(H,19,20). The summed E-state index contributed by atoms with van der Waals surface area (Å²) in [6.45, 7) is 6.26. The molecule has 0 amide bonds. The van der Waals surface area contributed by atoms with Crippen molar-refractivity contribution in [2.75, 3.05) is 32.8 Å². The van der Waals surface area contributed by atoms with E-state index in [9.17, 15) is 9.90 Å². The molecule has 7 nitrogen and oxygen atoms in total. The van der Waals surface area contributed by atoms with Gasteiger partial charge in [-0.05, 0) is 19.1 Å². The molecule has 112 valence electrons. The fourth-order valence-corrected chi connectivity index (χ4v) is 2.70. The Morgan fingerprint density at radius 2 is 2.19 bits per heavy atom. The highest BCUT2D eigenvalue weighted by Gasteiger charge is 2.19. The Balaban J connectivity index is 1.86. The molecule has 0 aliphatic carbocycles. The lowest BCUT2D eigenvalue weighted by Gasteiger charge is -2.29. The SMILES string of the molecule is CC(CN1CCOCC1)n1nnc2c(C(=O)O)cccc21. The fourth-order valence-electron chi connectivity index (χ4n) is 2.70. The van der Waals surface area contributed by atoms with Crippen LogP contribution >= 0.6 is 0 Å². The number of carboxylic acids is 1. The fraction of sp³-hybridized carbons (Fsp3) is 0.500. The highest BCUT2D eigenvalue weighted by atomic mass is 16.5. The van der Waals surface area contributed by atoms with Crippen LogP contribution in [-0.2, 0) is 4.74 Å². The lowest BCUT2D eigenvalue weighted by Crippen LogP contribution is -2.39. The van der Waals surface area contributed by atoms with Gasteiger partial charge in [0.2, 0.25) is 0 Å².